The van der Waals surface area contributed by atoms with Crippen LogP contribution in [0.3, 0.4) is 0 Å². The number of hydrogen-bond donors (Lipinski definition) is 1. The van der Waals surface area contributed by atoms with Gasteiger partial charge in [0.15, 0.2) is 0 Å². The molecule has 8 heteroatoms. The lowest BCUT2D eigenvalue weighted by Gasteiger charge is -2.09. The Morgan fingerprint density at radius 2 is 2.00 bits per heavy atom. The van der Waals surface area contributed by atoms with Gasteiger partial charge in [0.1, 0.15) is 5.75 Å². The Bertz CT molecular complexity index is 848. The molecular weight excluding hydrogens is 308 g/mol. The number of nitro benzene ring substituents is 1. The Morgan fingerprint density at radius 3 is 2.77 bits per heavy atom. The first kappa shape index (κ1) is 14.3. The molecule has 1 aliphatic rings. The van der Waals surface area contributed by atoms with Crippen LogP contribution in [0, 0.1) is 10.1 Å². The number of rotatable bonds is 4. The van der Waals surface area contributed by atoms with Crippen LogP contribution in [0.2, 0.25) is 0 Å². The second kappa shape index (κ2) is 5.30. The maximum Gasteiger partial charge on any atom is 0.270 e. The van der Waals surface area contributed by atoms with Gasteiger partial charge in [-0.05, 0) is 29.8 Å². The van der Waals surface area contributed by atoms with Crippen molar-refractivity contribution in [3.8, 4) is 5.75 Å². The number of hydrogen-bond acceptors (Lipinski definition) is 5. The van der Waals surface area contributed by atoms with E-state index in [0.717, 1.165) is 23.8 Å². The predicted octanol–water partition coefficient (Wildman–Crippen LogP) is 2.33. The lowest BCUT2D eigenvalue weighted by Crippen LogP contribution is -2.13. The zero-order chi connectivity index (χ0) is 15.7. The van der Waals surface area contributed by atoms with E-state index in [1.807, 2.05) is 0 Å². The Balaban J connectivity index is 1.90. The molecule has 0 amide bonds. The van der Waals surface area contributed by atoms with Gasteiger partial charge in [0.2, 0.25) is 0 Å². The number of ether oxygens (including phenoxy) is 1. The molecule has 0 saturated carbocycles. The van der Waals surface area contributed by atoms with E-state index in [1.165, 1.54) is 18.2 Å². The number of benzene rings is 2. The Morgan fingerprint density at radius 1 is 1.18 bits per heavy atom. The molecule has 0 atom stereocenters. The Labute approximate surface area is 126 Å². The lowest BCUT2D eigenvalue weighted by atomic mass is 10.1. The van der Waals surface area contributed by atoms with E-state index in [9.17, 15) is 18.5 Å². The molecule has 0 aliphatic carbocycles. The minimum atomic E-state index is -3.88. The first-order valence-corrected chi connectivity index (χ1v) is 7.97. The normalized spacial score (nSPS) is 13.3. The van der Waals surface area contributed by atoms with Crippen LogP contribution < -0.4 is 9.46 Å². The summed E-state index contributed by atoms with van der Waals surface area (Å²) < 4.78 is 32.4. The molecule has 0 unspecified atom stereocenters. The number of sulfonamides is 1. The highest BCUT2D eigenvalue weighted by Crippen LogP contribution is 2.29. The fourth-order valence-electron chi connectivity index (χ4n) is 2.23. The van der Waals surface area contributed by atoms with Gasteiger partial charge in [-0.1, -0.05) is 6.07 Å². The number of anilines is 1. The van der Waals surface area contributed by atoms with Crippen molar-refractivity contribution in [2.75, 3.05) is 11.3 Å². The molecule has 0 saturated heterocycles. The largest absolute Gasteiger partial charge is 0.493 e. The summed E-state index contributed by atoms with van der Waals surface area (Å²) in [4.78, 5) is 9.96. The number of nitrogens with zero attached hydrogens (tertiary/aromatic N) is 1. The van der Waals surface area contributed by atoms with Crippen molar-refractivity contribution in [3.63, 3.8) is 0 Å². The standard InChI is InChI=1S/C14H12N2O5S/c17-16(18)12-2-1-3-13(9-12)22(19,20)15-11-4-5-14-10(8-11)6-7-21-14/h1-5,8-9,15H,6-7H2. The summed E-state index contributed by atoms with van der Waals surface area (Å²) in [6.07, 6.45) is 0.724. The molecule has 0 spiro atoms. The molecule has 0 bridgehead atoms. The van der Waals surface area contributed by atoms with E-state index >= 15 is 0 Å². The fraction of sp³-hybridized carbons (Fsp3) is 0.143. The van der Waals surface area contributed by atoms with E-state index in [0.29, 0.717) is 12.3 Å². The van der Waals surface area contributed by atoms with Crippen LogP contribution in [0.5, 0.6) is 5.75 Å². The molecule has 3 rings (SSSR count). The van der Waals surface area contributed by atoms with Crippen LogP contribution >= 0.6 is 0 Å². The monoisotopic (exact) mass is 320 g/mol. The molecule has 22 heavy (non-hydrogen) atoms. The van der Waals surface area contributed by atoms with Gasteiger partial charge in [0.25, 0.3) is 15.7 Å². The number of fused-ring (bicyclic) bond motifs is 1. The second-order valence-corrected chi connectivity index (χ2v) is 6.46. The van der Waals surface area contributed by atoms with Crippen LogP contribution in [0.15, 0.2) is 47.4 Å². The third-order valence-corrected chi connectivity index (χ3v) is 4.66. The van der Waals surface area contributed by atoms with Gasteiger partial charge in [-0.3, -0.25) is 14.8 Å². The molecular formula is C14H12N2O5S. The zero-order valence-corrected chi connectivity index (χ0v) is 12.2. The van der Waals surface area contributed by atoms with Gasteiger partial charge in [-0.2, -0.15) is 0 Å². The average molecular weight is 320 g/mol. The molecule has 1 aliphatic heterocycles. The molecule has 0 aromatic heterocycles. The summed E-state index contributed by atoms with van der Waals surface area (Å²) in [5.41, 5.74) is 1.06. The summed E-state index contributed by atoms with van der Waals surface area (Å²) in [6.45, 7) is 0.580. The molecule has 0 fully saturated rings. The summed E-state index contributed by atoms with van der Waals surface area (Å²) in [5, 5.41) is 10.7. The smallest absolute Gasteiger partial charge is 0.270 e. The van der Waals surface area contributed by atoms with Gasteiger partial charge in [-0.25, -0.2) is 8.42 Å². The van der Waals surface area contributed by atoms with Crippen molar-refractivity contribution < 1.29 is 18.1 Å². The zero-order valence-electron chi connectivity index (χ0n) is 11.4. The summed E-state index contributed by atoms with van der Waals surface area (Å²) in [7, 11) is -3.88. The van der Waals surface area contributed by atoms with Crippen LogP contribution in [-0.4, -0.2) is 19.9 Å². The molecule has 1 N–H and O–H groups in total. The van der Waals surface area contributed by atoms with Crippen LogP contribution in [0.1, 0.15) is 5.56 Å². The van der Waals surface area contributed by atoms with E-state index < -0.39 is 14.9 Å². The minimum Gasteiger partial charge on any atom is -0.493 e. The topological polar surface area (TPSA) is 98.5 Å². The van der Waals surface area contributed by atoms with Crippen molar-refractivity contribution in [1.29, 1.82) is 0 Å². The fourth-order valence-corrected chi connectivity index (χ4v) is 3.32. The molecule has 0 radical (unpaired) electrons. The van der Waals surface area contributed by atoms with Gasteiger partial charge < -0.3 is 4.74 Å². The number of nitro groups is 1. The van der Waals surface area contributed by atoms with E-state index in [4.69, 9.17) is 4.74 Å². The summed E-state index contributed by atoms with van der Waals surface area (Å²) >= 11 is 0. The van der Waals surface area contributed by atoms with Gasteiger partial charge in [-0.15, -0.1) is 0 Å². The van der Waals surface area contributed by atoms with Crippen molar-refractivity contribution in [1.82, 2.24) is 0 Å². The first-order chi connectivity index (χ1) is 10.5. The maximum absolute atomic E-state index is 12.3. The summed E-state index contributed by atoms with van der Waals surface area (Å²) in [6, 6.07) is 9.92. The maximum atomic E-state index is 12.3. The van der Waals surface area contributed by atoms with E-state index in [-0.39, 0.29) is 10.6 Å². The van der Waals surface area contributed by atoms with Crippen molar-refractivity contribution in [3.05, 3.63) is 58.1 Å². The second-order valence-electron chi connectivity index (χ2n) is 4.78. The third-order valence-electron chi connectivity index (χ3n) is 3.28. The van der Waals surface area contributed by atoms with Crippen molar-refractivity contribution >= 4 is 21.4 Å². The highest BCUT2D eigenvalue weighted by atomic mass is 32.2. The van der Waals surface area contributed by atoms with Gasteiger partial charge in [0.05, 0.1) is 16.4 Å². The average Bonchev–Trinajstić information content (AvgIpc) is 2.94. The summed E-state index contributed by atoms with van der Waals surface area (Å²) in [5.74, 6) is 0.748. The molecule has 1 heterocycles. The van der Waals surface area contributed by atoms with Crippen LogP contribution in [0.4, 0.5) is 11.4 Å². The molecule has 114 valence electrons. The van der Waals surface area contributed by atoms with Gasteiger partial charge in [0, 0.05) is 24.2 Å². The Hall–Kier alpha value is -2.61. The van der Waals surface area contributed by atoms with E-state index in [1.54, 1.807) is 18.2 Å². The third kappa shape index (κ3) is 2.73. The van der Waals surface area contributed by atoms with Crippen molar-refractivity contribution in [2.45, 2.75) is 11.3 Å². The SMILES string of the molecule is O=[N+]([O-])c1cccc(S(=O)(=O)Nc2ccc3c(c2)CCO3)c1. The van der Waals surface area contributed by atoms with E-state index in [2.05, 4.69) is 4.72 Å². The lowest BCUT2D eigenvalue weighted by molar-refractivity contribution is -0.385. The quantitative estimate of drug-likeness (QED) is 0.688. The first-order valence-electron chi connectivity index (χ1n) is 6.49. The molecule has 2 aromatic rings. The predicted molar refractivity (Wildman–Crippen MR) is 79.5 cm³/mol. The molecule has 2 aromatic carbocycles. The number of non-ortho nitro benzene ring substituents is 1. The molecule has 7 nitrogen and oxygen atoms in total. The minimum absolute atomic E-state index is 0.154. The Kier molecular flexibility index (Phi) is 3.45. The van der Waals surface area contributed by atoms with Gasteiger partial charge >= 0.3 is 0 Å². The number of nitrogens with one attached hydrogen (secondary N) is 1. The highest BCUT2D eigenvalue weighted by molar-refractivity contribution is 7.92. The highest BCUT2D eigenvalue weighted by Gasteiger charge is 2.19. The van der Waals surface area contributed by atoms with Crippen molar-refractivity contribution in [2.24, 2.45) is 0 Å². The van der Waals surface area contributed by atoms with Crippen LogP contribution in [0.25, 0.3) is 0 Å². The van der Waals surface area contributed by atoms with Crippen LogP contribution in [-0.2, 0) is 16.4 Å².